The molecule has 1 aliphatic heterocycles. The van der Waals surface area contributed by atoms with Gasteiger partial charge in [-0.25, -0.2) is 19.0 Å². The number of carbonyl (C=O) groups is 2. The first kappa shape index (κ1) is 32.1. The van der Waals surface area contributed by atoms with Crippen molar-refractivity contribution < 1.29 is 33.3 Å². The minimum Gasteiger partial charge on any atom is -0.493 e. The van der Waals surface area contributed by atoms with E-state index in [0.717, 1.165) is 11.3 Å². The van der Waals surface area contributed by atoms with Crippen molar-refractivity contribution in [3.8, 4) is 11.5 Å². The molecule has 242 valence electrons. The third kappa shape index (κ3) is 6.53. The maximum atomic E-state index is 14.1. The van der Waals surface area contributed by atoms with Crippen LogP contribution in [0.2, 0.25) is 0 Å². The number of halogens is 1. The number of benzene rings is 4. The zero-order chi connectivity index (χ0) is 33.8. The van der Waals surface area contributed by atoms with Gasteiger partial charge in [0.15, 0.2) is 16.3 Å². The molecule has 48 heavy (non-hydrogen) atoms. The first-order valence-corrected chi connectivity index (χ1v) is 15.8. The molecule has 9 nitrogen and oxygen atoms in total. The van der Waals surface area contributed by atoms with Crippen molar-refractivity contribution in [1.82, 2.24) is 4.57 Å². The highest BCUT2D eigenvalue weighted by Gasteiger charge is 2.35. The summed E-state index contributed by atoms with van der Waals surface area (Å²) in [5.74, 6) is -1.27. The maximum absolute atomic E-state index is 14.1. The first-order chi connectivity index (χ1) is 23.3. The average Bonchev–Trinajstić information content (AvgIpc) is 3.41. The number of thiazole rings is 1. The summed E-state index contributed by atoms with van der Waals surface area (Å²) in [4.78, 5) is 44.2. The molecule has 0 saturated carbocycles. The molecule has 0 aliphatic carbocycles. The van der Waals surface area contributed by atoms with Crippen molar-refractivity contribution >= 4 is 35.0 Å². The molecule has 0 fully saturated rings. The molecule has 5 aromatic rings. The normalized spacial score (nSPS) is 14.2. The molecule has 0 amide bonds. The molecular formula is C37H29FN2O7S. The van der Waals surface area contributed by atoms with Crippen LogP contribution in [0.25, 0.3) is 11.8 Å². The van der Waals surface area contributed by atoms with Crippen LogP contribution >= 0.6 is 11.3 Å². The van der Waals surface area contributed by atoms with Gasteiger partial charge in [-0.05, 0) is 66.1 Å². The van der Waals surface area contributed by atoms with E-state index in [0.29, 0.717) is 48.8 Å². The van der Waals surface area contributed by atoms with Gasteiger partial charge in [-0.1, -0.05) is 72.0 Å². The SMILES string of the molecule is CCOC(=O)C1=C(c2ccccc2)N=c2s/c(=C\c3ccc(OCc4cccc(C(=O)O)c4)c(OC)c3)c(=O)n2[C@@H]1c1ccc(F)cc1. The largest absolute Gasteiger partial charge is 0.493 e. The summed E-state index contributed by atoms with van der Waals surface area (Å²) >= 11 is 1.16. The van der Waals surface area contributed by atoms with Crippen LogP contribution in [0.15, 0.2) is 112 Å². The summed E-state index contributed by atoms with van der Waals surface area (Å²) in [6, 6.07) is 25.6. The summed E-state index contributed by atoms with van der Waals surface area (Å²) < 4.78 is 32.8. The first-order valence-electron chi connectivity index (χ1n) is 14.9. The van der Waals surface area contributed by atoms with Gasteiger partial charge in [-0.2, -0.15) is 0 Å². The van der Waals surface area contributed by atoms with E-state index < -0.39 is 23.8 Å². The zero-order valence-corrected chi connectivity index (χ0v) is 26.7. The predicted octanol–water partition coefficient (Wildman–Crippen LogP) is 5.36. The number of aromatic nitrogens is 1. The van der Waals surface area contributed by atoms with Crippen LogP contribution in [-0.2, 0) is 16.1 Å². The van der Waals surface area contributed by atoms with Gasteiger partial charge < -0.3 is 19.3 Å². The number of nitrogens with zero attached hydrogens (tertiary/aromatic N) is 2. The number of hydrogen-bond acceptors (Lipinski definition) is 8. The number of ether oxygens (including phenoxy) is 3. The van der Waals surface area contributed by atoms with Crippen LogP contribution in [0, 0.1) is 5.82 Å². The Balaban J connectivity index is 1.44. The number of aromatic carboxylic acids is 1. The topological polar surface area (TPSA) is 116 Å². The van der Waals surface area contributed by atoms with Crippen LogP contribution in [0.3, 0.4) is 0 Å². The number of esters is 1. The molecule has 0 bridgehead atoms. The fraction of sp³-hybridized carbons (Fsp3) is 0.135. The molecule has 2 heterocycles. The number of carboxylic acids is 1. The molecule has 0 spiro atoms. The maximum Gasteiger partial charge on any atom is 0.338 e. The molecule has 0 unspecified atom stereocenters. The van der Waals surface area contributed by atoms with E-state index in [-0.39, 0.29) is 29.9 Å². The Hall–Kier alpha value is -5.81. The van der Waals surface area contributed by atoms with Crippen molar-refractivity contribution in [2.75, 3.05) is 13.7 Å². The summed E-state index contributed by atoms with van der Waals surface area (Å²) in [6.07, 6.45) is 1.70. The molecule has 4 aromatic carbocycles. The Labute approximate surface area is 278 Å². The van der Waals surface area contributed by atoms with Gasteiger partial charge in [0.2, 0.25) is 0 Å². The number of carboxylic acid groups (broad SMARTS) is 1. The van der Waals surface area contributed by atoms with Crippen molar-refractivity contribution in [1.29, 1.82) is 0 Å². The van der Waals surface area contributed by atoms with Gasteiger partial charge in [0.25, 0.3) is 5.56 Å². The van der Waals surface area contributed by atoms with Gasteiger partial charge in [0, 0.05) is 5.56 Å². The summed E-state index contributed by atoms with van der Waals surface area (Å²) in [6.45, 7) is 1.93. The minimum atomic E-state index is -1.03. The van der Waals surface area contributed by atoms with Crippen molar-refractivity contribution in [2.45, 2.75) is 19.6 Å². The van der Waals surface area contributed by atoms with Crippen molar-refractivity contribution in [2.24, 2.45) is 4.99 Å². The van der Waals surface area contributed by atoms with E-state index >= 15 is 0 Å². The Bertz CT molecular complexity index is 2220. The number of rotatable bonds is 10. The molecule has 0 radical (unpaired) electrons. The fourth-order valence-corrected chi connectivity index (χ4v) is 6.40. The lowest BCUT2D eigenvalue weighted by atomic mass is 9.93. The van der Waals surface area contributed by atoms with Gasteiger partial charge in [0.1, 0.15) is 12.4 Å². The molecule has 1 atom stereocenters. The third-order valence-electron chi connectivity index (χ3n) is 7.61. The quantitative estimate of drug-likeness (QED) is 0.200. The second kappa shape index (κ2) is 13.9. The molecule has 1 aromatic heterocycles. The van der Waals surface area contributed by atoms with Gasteiger partial charge in [-0.15, -0.1) is 0 Å². The van der Waals surface area contributed by atoms with Crippen LogP contribution in [0.5, 0.6) is 11.5 Å². The Morgan fingerprint density at radius 2 is 1.75 bits per heavy atom. The van der Waals surface area contributed by atoms with E-state index in [1.807, 2.05) is 30.3 Å². The summed E-state index contributed by atoms with van der Waals surface area (Å²) in [5, 5.41) is 9.28. The summed E-state index contributed by atoms with van der Waals surface area (Å²) in [5.41, 5.74) is 2.82. The van der Waals surface area contributed by atoms with Crippen LogP contribution in [0.1, 0.15) is 45.6 Å². The highest BCUT2D eigenvalue weighted by atomic mass is 32.1. The number of hydrogen-bond donors (Lipinski definition) is 1. The molecule has 1 aliphatic rings. The van der Waals surface area contributed by atoms with Crippen LogP contribution in [0.4, 0.5) is 4.39 Å². The lowest BCUT2D eigenvalue weighted by Gasteiger charge is -2.25. The van der Waals surface area contributed by atoms with Gasteiger partial charge in [0.05, 0.1) is 41.1 Å². The second-order valence-electron chi connectivity index (χ2n) is 10.7. The highest BCUT2D eigenvalue weighted by Crippen LogP contribution is 2.35. The zero-order valence-electron chi connectivity index (χ0n) is 25.9. The highest BCUT2D eigenvalue weighted by molar-refractivity contribution is 7.07. The molecule has 1 N–H and O–H groups in total. The Kier molecular flexibility index (Phi) is 9.31. The lowest BCUT2D eigenvalue weighted by molar-refractivity contribution is -0.138. The standard InChI is InChI=1S/C37H29FN2O7S/c1-3-46-36(44)31-32(24-9-5-4-6-10-24)39-37-40(33(31)25-13-15-27(38)16-14-25)34(41)30(48-37)20-22-12-17-28(29(19-22)45-2)47-21-23-8-7-11-26(18-23)35(42)43/h4-20,33H,3,21H2,1-2H3,(H,42,43)/b30-20-/t33-/m1/s1. The number of carbonyl (C=O) groups excluding carboxylic acids is 1. The van der Waals surface area contributed by atoms with E-state index in [1.165, 1.54) is 29.9 Å². The van der Waals surface area contributed by atoms with Gasteiger partial charge in [-0.3, -0.25) is 9.36 Å². The van der Waals surface area contributed by atoms with Crippen LogP contribution < -0.4 is 24.4 Å². The number of methoxy groups -OCH3 is 1. The Morgan fingerprint density at radius 1 is 0.979 bits per heavy atom. The second-order valence-corrected chi connectivity index (χ2v) is 11.7. The molecular weight excluding hydrogens is 635 g/mol. The average molecular weight is 665 g/mol. The summed E-state index contributed by atoms with van der Waals surface area (Å²) in [7, 11) is 1.50. The van der Waals surface area contributed by atoms with E-state index in [9.17, 15) is 23.9 Å². The Morgan fingerprint density at radius 3 is 2.46 bits per heavy atom. The third-order valence-corrected chi connectivity index (χ3v) is 8.60. The minimum absolute atomic E-state index is 0.112. The molecule has 0 saturated heterocycles. The number of fused-ring (bicyclic) bond motifs is 1. The molecule has 6 rings (SSSR count). The van der Waals surface area contributed by atoms with Crippen molar-refractivity contribution in [3.05, 3.63) is 156 Å². The predicted molar refractivity (Wildman–Crippen MR) is 178 cm³/mol. The van der Waals surface area contributed by atoms with Gasteiger partial charge >= 0.3 is 11.9 Å². The fourth-order valence-electron chi connectivity index (χ4n) is 5.40. The van der Waals surface area contributed by atoms with E-state index in [4.69, 9.17) is 19.2 Å². The monoisotopic (exact) mass is 664 g/mol. The lowest BCUT2D eigenvalue weighted by Crippen LogP contribution is -2.40. The van der Waals surface area contributed by atoms with E-state index in [1.54, 1.807) is 61.5 Å². The smallest absolute Gasteiger partial charge is 0.338 e. The van der Waals surface area contributed by atoms with Crippen LogP contribution in [-0.4, -0.2) is 35.3 Å². The molecule has 11 heteroatoms. The van der Waals surface area contributed by atoms with E-state index in [2.05, 4.69) is 0 Å². The van der Waals surface area contributed by atoms with Crippen molar-refractivity contribution in [3.63, 3.8) is 0 Å².